The van der Waals surface area contributed by atoms with Crippen LogP contribution in [0.3, 0.4) is 0 Å². The summed E-state index contributed by atoms with van der Waals surface area (Å²) in [5.41, 5.74) is 0. The van der Waals surface area contributed by atoms with E-state index in [9.17, 15) is 26.7 Å². The first kappa shape index (κ1) is 32.2. The Balaban J connectivity index is 1.91. The van der Waals surface area contributed by atoms with Crippen molar-refractivity contribution < 1.29 is 50.4 Å². The molecule has 0 spiro atoms. The highest BCUT2D eigenvalue weighted by molar-refractivity contribution is 5.72. The summed E-state index contributed by atoms with van der Waals surface area (Å²) in [4.78, 5) is 11.6. The second-order valence-electron chi connectivity index (χ2n) is 8.05. The molecule has 0 saturated heterocycles. The third-order valence-electron chi connectivity index (χ3n) is 5.09. The first-order chi connectivity index (χ1) is 17.4. The number of hydrogen-bond acceptors (Lipinski definition) is 6. The van der Waals surface area contributed by atoms with Crippen molar-refractivity contribution in [3.63, 3.8) is 0 Å². The predicted octanol–water partition coefficient (Wildman–Crippen LogP) is 5.88. The van der Waals surface area contributed by atoms with E-state index < -0.39 is 47.2 Å². The summed E-state index contributed by atoms with van der Waals surface area (Å²) in [5.74, 6) is -14.0. The van der Waals surface area contributed by atoms with Crippen molar-refractivity contribution >= 4 is 5.97 Å². The zero-order valence-electron chi connectivity index (χ0n) is 20.9. The molecule has 0 amide bonds. The minimum Gasteiger partial charge on any atom is -0.420 e. The number of esters is 1. The summed E-state index contributed by atoms with van der Waals surface area (Å²) in [5, 5.41) is 0. The summed E-state index contributed by atoms with van der Waals surface area (Å²) in [6, 6.07) is 0. The quantitative estimate of drug-likeness (QED) is 0.0468. The number of rotatable bonds is 22. The van der Waals surface area contributed by atoms with Gasteiger partial charge in [0.05, 0.1) is 52.7 Å². The molecule has 1 rings (SSSR count). The number of ether oxygens (including phenoxy) is 5. The van der Waals surface area contributed by atoms with Gasteiger partial charge >= 0.3 is 5.97 Å². The van der Waals surface area contributed by atoms with E-state index in [1.165, 1.54) is 44.9 Å². The van der Waals surface area contributed by atoms with E-state index in [4.69, 9.17) is 18.9 Å². The third kappa shape index (κ3) is 13.5. The lowest BCUT2D eigenvalue weighted by Gasteiger charge is -2.09. The molecule has 36 heavy (non-hydrogen) atoms. The largest absolute Gasteiger partial charge is 0.420 e. The molecule has 1 aromatic carbocycles. The third-order valence-corrected chi connectivity index (χ3v) is 5.09. The van der Waals surface area contributed by atoms with Crippen molar-refractivity contribution in [1.29, 1.82) is 0 Å². The molecule has 0 aliphatic rings. The first-order valence-electron chi connectivity index (χ1n) is 12.4. The fraction of sp³-hybridized carbons (Fsp3) is 0.720. The fourth-order valence-corrected chi connectivity index (χ4v) is 3.09. The highest BCUT2D eigenvalue weighted by atomic mass is 19.2. The van der Waals surface area contributed by atoms with Crippen LogP contribution in [0.1, 0.15) is 64.7 Å². The molecule has 0 bridgehead atoms. The molecule has 1 aromatic rings. The van der Waals surface area contributed by atoms with Crippen LogP contribution in [0.2, 0.25) is 0 Å². The molecule has 11 heteroatoms. The second kappa shape index (κ2) is 20.3. The van der Waals surface area contributed by atoms with E-state index in [2.05, 4.69) is 11.7 Å². The zero-order valence-corrected chi connectivity index (χ0v) is 20.9. The van der Waals surface area contributed by atoms with Gasteiger partial charge in [-0.3, -0.25) is 4.79 Å². The average molecular weight is 529 g/mol. The van der Waals surface area contributed by atoms with Gasteiger partial charge in [0.25, 0.3) is 0 Å². The normalized spacial score (nSPS) is 11.3. The van der Waals surface area contributed by atoms with Crippen LogP contribution < -0.4 is 4.74 Å². The van der Waals surface area contributed by atoms with Gasteiger partial charge in [0, 0.05) is 6.61 Å². The first-order valence-corrected chi connectivity index (χ1v) is 12.4. The average Bonchev–Trinajstić information content (AvgIpc) is 2.87. The molecule has 0 aliphatic heterocycles. The van der Waals surface area contributed by atoms with Crippen LogP contribution in [-0.2, 0) is 23.7 Å². The molecular formula is C25H37F5O6. The van der Waals surface area contributed by atoms with Crippen molar-refractivity contribution in [1.82, 2.24) is 0 Å². The number of halogens is 5. The minimum atomic E-state index is -2.33. The summed E-state index contributed by atoms with van der Waals surface area (Å²) in [7, 11) is 0. The summed E-state index contributed by atoms with van der Waals surface area (Å²) >= 11 is 0. The maximum atomic E-state index is 13.5. The molecule has 208 valence electrons. The zero-order chi connectivity index (χ0) is 26.6. The topological polar surface area (TPSA) is 63.2 Å². The standard InChI is InChI=1S/C25H37F5O6/c1-2-3-4-5-6-7-8-9-11-32-13-15-34-17-18-35-16-14-33-12-10-19(31)36-25-23(29)21(27)20(26)22(28)24(25)30/h2-18H2,1H3. The van der Waals surface area contributed by atoms with Gasteiger partial charge in [-0.15, -0.1) is 0 Å². The molecule has 0 saturated carbocycles. The van der Waals surface area contributed by atoms with Crippen LogP contribution in [0.15, 0.2) is 0 Å². The number of unbranched alkanes of at least 4 members (excludes halogenated alkanes) is 7. The Bertz CT molecular complexity index is 721. The highest BCUT2D eigenvalue weighted by Crippen LogP contribution is 2.29. The van der Waals surface area contributed by atoms with Gasteiger partial charge in [-0.25, -0.2) is 13.2 Å². The van der Waals surface area contributed by atoms with Crippen LogP contribution >= 0.6 is 0 Å². The van der Waals surface area contributed by atoms with Crippen molar-refractivity contribution in [2.24, 2.45) is 0 Å². The lowest BCUT2D eigenvalue weighted by Crippen LogP contribution is -2.16. The molecule has 0 N–H and O–H groups in total. The van der Waals surface area contributed by atoms with Crippen LogP contribution in [0.5, 0.6) is 5.75 Å². The van der Waals surface area contributed by atoms with Crippen molar-refractivity contribution in [2.45, 2.75) is 64.7 Å². The van der Waals surface area contributed by atoms with E-state index >= 15 is 0 Å². The number of carbonyl (C=O) groups is 1. The molecular weight excluding hydrogens is 491 g/mol. The number of carbonyl (C=O) groups excluding carboxylic acids is 1. The van der Waals surface area contributed by atoms with E-state index in [1.807, 2.05) is 0 Å². The van der Waals surface area contributed by atoms with Crippen molar-refractivity contribution in [2.75, 3.05) is 52.9 Å². The Morgan fingerprint density at radius 3 is 1.42 bits per heavy atom. The summed E-state index contributed by atoms with van der Waals surface area (Å²) in [6.45, 7) is 4.82. The van der Waals surface area contributed by atoms with Gasteiger partial charge in [-0.2, -0.15) is 8.78 Å². The highest BCUT2D eigenvalue weighted by Gasteiger charge is 2.28. The Hall–Kier alpha value is -1.82. The van der Waals surface area contributed by atoms with Crippen LogP contribution in [0, 0.1) is 29.1 Å². The van der Waals surface area contributed by atoms with E-state index in [1.54, 1.807) is 0 Å². The molecule has 0 heterocycles. The van der Waals surface area contributed by atoms with Crippen LogP contribution in [0.4, 0.5) is 22.0 Å². The Morgan fingerprint density at radius 2 is 0.917 bits per heavy atom. The molecule has 0 fully saturated rings. The van der Waals surface area contributed by atoms with E-state index in [0.717, 1.165) is 13.0 Å². The summed E-state index contributed by atoms with van der Waals surface area (Å²) in [6.07, 6.45) is 9.59. The number of hydrogen-bond donors (Lipinski definition) is 0. The van der Waals surface area contributed by atoms with Gasteiger partial charge in [-0.05, 0) is 6.42 Å². The number of benzene rings is 1. The molecule has 6 nitrogen and oxygen atoms in total. The Labute approximate surface area is 209 Å². The Kier molecular flexibility index (Phi) is 18.1. The molecule has 0 aromatic heterocycles. The van der Waals surface area contributed by atoms with Crippen LogP contribution in [0.25, 0.3) is 0 Å². The van der Waals surface area contributed by atoms with Gasteiger partial charge in [-0.1, -0.05) is 51.9 Å². The van der Waals surface area contributed by atoms with Gasteiger partial charge in [0.15, 0.2) is 0 Å². The second-order valence-corrected chi connectivity index (χ2v) is 8.05. The maximum absolute atomic E-state index is 13.5. The molecule has 0 radical (unpaired) electrons. The predicted molar refractivity (Wildman–Crippen MR) is 122 cm³/mol. The lowest BCUT2D eigenvalue weighted by atomic mass is 10.1. The summed E-state index contributed by atoms with van der Waals surface area (Å²) < 4.78 is 91.7. The smallest absolute Gasteiger partial charge is 0.313 e. The Morgan fingerprint density at radius 1 is 0.528 bits per heavy atom. The fourth-order valence-electron chi connectivity index (χ4n) is 3.09. The van der Waals surface area contributed by atoms with Crippen molar-refractivity contribution in [3.05, 3.63) is 29.1 Å². The van der Waals surface area contributed by atoms with Crippen LogP contribution in [-0.4, -0.2) is 58.8 Å². The van der Waals surface area contributed by atoms with Gasteiger partial charge < -0.3 is 23.7 Å². The molecule has 0 unspecified atom stereocenters. The molecule has 0 aliphatic carbocycles. The minimum absolute atomic E-state index is 0.123. The monoisotopic (exact) mass is 528 g/mol. The van der Waals surface area contributed by atoms with Crippen molar-refractivity contribution in [3.8, 4) is 5.75 Å². The van der Waals surface area contributed by atoms with Gasteiger partial charge in [0.2, 0.25) is 34.8 Å². The van der Waals surface area contributed by atoms with E-state index in [-0.39, 0.29) is 19.8 Å². The molecule has 0 atom stereocenters. The lowest BCUT2D eigenvalue weighted by molar-refractivity contribution is -0.136. The SMILES string of the molecule is CCCCCCCCCCOCCOCCOCCOCCC(=O)Oc1c(F)c(F)c(F)c(F)c1F. The van der Waals surface area contributed by atoms with Gasteiger partial charge in [0.1, 0.15) is 0 Å². The van der Waals surface area contributed by atoms with E-state index in [0.29, 0.717) is 26.4 Å². The maximum Gasteiger partial charge on any atom is 0.313 e.